The summed E-state index contributed by atoms with van der Waals surface area (Å²) in [6.07, 6.45) is 0. The molecule has 1 unspecified atom stereocenters. The first-order valence-corrected chi connectivity index (χ1v) is 3.80. The Morgan fingerprint density at radius 1 is 1.40 bits per heavy atom. The van der Waals surface area contributed by atoms with E-state index in [9.17, 15) is 0 Å². The van der Waals surface area contributed by atoms with Crippen molar-refractivity contribution in [2.24, 2.45) is 5.89 Å². The van der Waals surface area contributed by atoms with Crippen molar-refractivity contribution in [1.82, 2.24) is 5.32 Å². The molecule has 0 radical (unpaired) electrons. The van der Waals surface area contributed by atoms with Crippen molar-refractivity contribution in [1.29, 1.82) is 0 Å². The van der Waals surface area contributed by atoms with Gasteiger partial charge in [0.2, 0.25) is 0 Å². The van der Waals surface area contributed by atoms with Gasteiger partial charge in [0.15, 0.2) is 0 Å². The largest absolute Gasteiger partial charge is 0.309 e. The first-order valence-electron chi connectivity index (χ1n) is 5.00. The fourth-order valence-corrected chi connectivity index (χ4v) is 0.845. The van der Waals surface area contributed by atoms with Gasteiger partial charge in [-0.3, -0.25) is 0 Å². The lowest BCUT2D eigenvalue weighted by Crippen LogP contribution is -2.47. The van der Waals surface area contributed by atoms with Gasteiger partial charge in [-0.25, -0.2) is 0 Å². The Morgan fingerprint density at radius 2 is 1.90 bits per heavy atom. The van der Waals surface area contributed by atoms with Crippen LogP contribution < -0.4 is 5.32 Å². The summed E-state index contributed by atoms with van der Waals surface area (Å²) in [5.74, 6) is -0.725. The van der Waals surface area contributed by atoms with Crippen LogP contribution in [0.1, 0.15) is 44.3 Å². The standard InChI is InChI=1S/C9H21N/c1-7(2)9(5,6)10-8(3)4/h7-8,10H,1-6H3/i1T,7T. The monoisotopic (exact) mass is 147 g/mol. The van der Waals surface area contributed by atoms with Crippen molar-refractivity contribution in [2.45, 2.75) is 53.1 Å². The number of hydrogen-bond acceptors (Lipinski definition) is 1. The van der Waals surface area contributed by atoms with Crippen molar-refractivity contribution in [3.63, 3.8) is 0 Å². The molecule has 0 amide bonds. The smallest absolute Gasteiger partial charge is 0.0316 e. The second-order valence-corrected chi connectivity index (χ2v) is 3.70. The van der Waals surface area contributed by atoms with Crippen LogP contribution in [-0.2, 0) is 0 Å². The molecule has 1 heteroatoms. The highest BCUT2D eigenvalue weighted by Gasteiger charge is 2.21. The van der Waals surface area contributed by atoms with Crippen LogP contribution in [0.15, 0.2) is 0 Å². The summed E-state index contributed by atoms with van der Waals surface area (Å²) < 4.78 is 15.2. The van der Waals surface area contributed by atoms with Crippen molar-refractivity contribution in [2.75, 3.05) is 0 Å². The van der Waals surface area contributed by atoms with Gasteiger partial charge >= 0.3 is 0 Å². The zero-order chi connectivity index (χ0) is 9.99. The maximum Gasteiger partial charge on any atom is 0.0316 e. The molecular weight excluding hydrogens is 122 g/mol. The number of hydrogen-bond donors (Lipinski definition) is 1. The third kappa shape index (κ3) is 3.21. The molecule has 62 valence electrons. The van der Waals surface area contributed by atoms with E-state index in [1.807, 2.05) is 13.8 Å². The van der Waals surface area contributed by atoms with E-state index in [1.165, 1.54) is 0 Å². The van der Waals surface area contributed by atoms with Gasteiger partial charge in [0.1, 0.15) is 0 Å². The predicted octanol–water partition coefficient (Wildman–Crippen LogP) is 2.42. The van der Waals surface area contributed by atoms with Gasteiger partial charge in [0, 0.05) is 14.3 Å². The van der Waals surface area contributed by atoms with Gasteiger partial charge in [0.05, 0.1) is 0 Å². The summed E-state index contributed by atoms with van der Waals surface area (Å²) in [5, 5.41) is 3.30. The van der Waals surface area contributed by atoms with Crippen LogP contribution in [0.3, 0.4) is 0 Å². The van der Waals surface area contributed by atoms with Crippen LogP contribution in [0.25, 0.3) is 0 Å². The van der Waals surface area contributed by atoms with Gasteiger partial charge in [0.25, 0.3) is 0 Å². The molecule has 1 N–H and O–H groups in total. The Hall–Kier alpha value is -0.0400. The third-order valence-corrected chi connectivity index (χ3v) is 1.72. The van der Waals surface area contributed by atoms with Crippen molar-refractivity contribution in [3.8, 4) is 0 Å². The minimum absolute atomic E-state index is 0.125. The molecule has 0 aromatic rings. The van der Waals surface area contributed by atoms with E-state index < -0.39 is 5.89 Å². The predicted molar refractivity (Wildman–Crippen MR) is 47.2 cm³/mol. The SMILES string of the molecule is [3H]CC([3H])(C)C(C)(C)NC(C)C. The zero-order valence-corrected chi connectivity index (χ0v) is 7.78. The molecule has 0 aliphatic rings. The van der Waals surface area contributed by atoms with Crippen molar-refractivity contribution < 1.29 is 2.74 Å². The van der Waals surface area contributed by atoms with Gasteiger partial charge in [-0.05, 0) is 19.7 Å². The lowest BCUT2D eigenvalue weighted by Gasteiger charge is -2.32. The first kappa shape index (κ1) is 6.66. The fraction of sp³-hybridized carbons (Fsp3) is 1.00. The van der Waals surface area contributed by atoms with Crippen LogP contribution in [0.5, 0.6) is 0 Å². The van der Waals surface area contributed by atoms with Crippen LogP contribution in [0, 0.1) is 5.89 Å². The summed E-state index contributed by atoms with van der Waals surface area (Å²) >= 11 is 0. The first-order chi connectivity index (χ1) is 5.23. The second kappa shape index (κ2) is 3.38. The molecule has 0 heterocycles. The van der Waals surface area contributed by atoms with Gasteiger partial charge < -0.3 is 5.32 Å². The Morgan fingerprint density at radius 3 is 2.20 bits per heavy atom. The minimum Gasteiger partial charge on any atom is -0.309 e. The molecule has 0 bridgehead atoms. The Labute approximate surface area is 68.0 Å². The summed E-state index contributed by atoms with van der Waals surface area (Å²) in [7, 11) is 0. The molecule has 1 atom stereocenters. The lowest BCUT2D eigenvalue weighted by molar-refractivity contribution is 0.267. The molecule has 0 saturated heterocycles. The Kier molecular flexibility index (Phi) is 2.25. The van der Waals surface area contributed by atoms with E-state index in [0.29, 0.717) is 6.04 Å². The van der Waals surface area contributed by atoms with Gasteiger partial charge in [-0.1, -0.05) is 27.7 Å². The molecule has 1 nitrogen and oxygen atoms in total. The molecule has 0 aliphatic heterocycles. The molecule has 0 rings (SSSR count). The van der Waals surface area contributed by atoms with Crippen molar-refractivity contribution >= 4 is 0 Å². The molecule has 0 saturated carbocycles. The summed E-state index contributed by atoms with van der Waals surface area (Å²) in [6.45, 7) is 10.0. The topological polar surface area (TPSA) is 12.0 Å². The van der Waals surface area contributed by atoms with E-state index in [1.54, 1.807) is 6.92 Å². The number of rotatable bonds is 3. The van der Waals surface area contributed by atoms with E-state index in [4.69, 9.17) is 2.74 Å². The molecule has 10 heavy (non-hydrogen) atoms. The van der Waals surface area contributed by atoms with E-state index in [-0.39, 0.29) is 12.4 Å². The van der Waals surface area contributed by atoms with Crippen LogP contribution >= 0.6 is 0 Å². The van der Waals surface area contributed by atoms with Crippen LogP contribution in [-0.4, -0.2) is 11.6 Å². The summed E-state index contributed by atoms with van der Waals surface area (Å²) in [6, 6.07) is 0.358. The van der Waals surface area contributed by atoms with Crippen LogP contribution in [0.4, 0.5) is 0 Å². The van der Waals surface area contributed by atoms with Crippen molar-refractivity contribution in [3.05, 3.63) is 0 Å². The van der Waals surface area contributed by atoms with Gasteiger partial charge in [-0.2, -0.15) is 0 Å². The minimum atomic E-state index is -0.725. The summed E-state index contributed by atoms with van der Waals surface area (Å²) in [5.41, 5.74) is -0.303. The van der Waals surface area contributed by atoms with Crippen LogP contribution in [0.2, 0.25) is 0 Å². The Balaban J connectivity index is 4.37. The van der Waals surface area contributed by atoms with E-state index in [2.05, 4.69) is 19.2 Å². The van der Waals surface area contributed by atoms with Gasteiger partial charge in [-0.15, -0.1) is 0 Å². The molecule has 0 fully saturated rings. The molecule has 0 aromatic heterocycles. The van der Waals surface area contributed by atoms with E-state index in [0.717, 1.165) is 0 Å². The highest BCUT2D eigenvalue weighted by Crippen LogP contribution is 2.15. The quantitative estimate of drug-likeness (QED) is 0.646. The highest BCUT2D eigenvalue weighted by molar-refractivity contribution is 4.82. The summed E-state index contributed by atoms with van der Waals surface area (Å²) in [4.78, 5) is 0. The molecule has 0 aromatic carbocycles. The Bertz CT molecular complexity index is 141. The zero-order valence-electron chi connectivity index (χ0n) is 9.78. The average molecular weight is 147 g/mol. The van der Waals surface area contributed by atoms with E-state index >= 15 is 0 Å². The highest BCUT2D eigenvalue weighted by atomic mass is 15.0. The second-order valence-electron chi connectivity index (χ2n) is 3.70. The number of nitrogens with one attached hydrogen (secondary N) is 1. The maximum absolute atomic E-state index is 7.92. The molecule has 0 spiro atoms. The lowest BCUT2D eigenvalue weighted by atomic mass is 9.90. The third-order valence-electron chi connectivity index (χ3n) is 1.72. The normalized spacial score (nSPS) is 21.8. The maximum atomic E-state index is 7.92. The molecular formula is C9H21N. The average Bonchev–Trinajstić information content (AvgIpc) is 1.84. The molecule has 0 aliphatic carbocycles. The fourth-order valence-electron chi connectivity index (χ4n) is 0.845.